The Morgan fingerprint density at radius 1 is 1.21 bits per heavy atom. The first-order valence-electron chi connectivity index (χ1n) is 7.42. The summed E-state index contributed by atoms with van der Waals surface area (Å²) in [5.74, 6) is -0.540. The van der Waals surface area contributed by atoms with E-state index in [4.69, 9.17) is 0 Å². The second kappa shape index (κ2) is 5.97. The first-order chi connectivity index (χ1) is 11.7. The lowest BCUT2D eigenvalue weighted by molar-refractivity contribution is -0.123. The van der Waals surface area contributed by atoms with Gasteiger partial charge in [-0.25, -0.2) is 9.97 Å². The van der Waals surface area contributed by atoms with Gasteiger partial charge in [-0.1, -0.05) is 23.5 Å². The number of benzene rings is 1. The second-order valence-electron chi connectivity index (χ2n) is 5.47. The van der Waals surface area contributed by atoms with Crippen molar-refractivity contribution in [3.05, 3.63) is 48.5 Å². The van der Waals surface area contributed by atoms with Crippen LogP contribution in [0.15, 0.2) is 42.9 Å². The molecule has 0 saturated carbocycles. The standard InChI is InChI=1S/C16H13N5O2S/c22-14(20-16-19-11-3-1-2-4-13(11)24-16)10-8-21(9-10)15(23)12-7-17-5-6-18-12/h1-7,10H,8-9H2,(H,19,20,22). The highest BCUT2D eigenvalue weighted by Crippen LogP contribution is 2.27. The van der Waals surface area contributed by atoms with Gasteiger partial charge in [0.25, 0.3) is 5.91 Å². The number of aromatic nitrogens is 3. The highest BCUT2D eigenvalue weighted by molar-refractivity contribution is 7.22. The Balaban J connectivity index is 1.36. The number of thiazole rings is 1. The van der Waals surface area contributed by atoms with Crippen molar-refractivity contribution in [1.82, 2.24) is 19.9 Å². The summed E-state index contributed by atoms with van der Waals surface area (Å²) < 4.78 is 1.03. The summed E-state index contributed by atoms with van der Waals surface area (Å²) in [6.07, 6.45) is 4.42. The molecule has 8 heteroatoms. The van der Waals surface area contributed by atoms with E-state index in [-0.39, 0.29) is 17.7 Å². The van der Waals surface area contributed by atoms with Gasteiger partial charge in [0.2, 0.25) is 5.91 Å². The normalized spacial score (nSPS) is 14.4. The van der Waals surface area contributed by atoms with Gasteiger partial charge in [-0.3, -0.25) is 14.6 Å². The Labute approximate surface area is 141 Å². The lowest BCUT2D eigenvalue weighted by atomic mass is 9.99. The van der Waals surface area contributed by atoms with Crippen LogP contribution in [0.4, 0.5) is 5.13 Å². The molecule has 0 aliphatic carbocycles. The molecule has 1 aliphatic heterocycles. The summed E-state index contributed by atoms with van der Waals surface area (Å²) in [7, 11) is 0. The average Bonchev–Trinajstić information content (AvgIpc) is 2.96. The van der Waals surface area contributed by atoms with Crippen molar-refractivity contribution in [3.63, 3.8) is 0 Å². The molecule has 4 rings (SSSR count). The number of carbonyl (C=O) groups is 2. The van der Waals surface area contributed by atoms with E-state index in [0.29, 0.717) is 23.9 Å². The molecule has 0 radical (unpaired) electrons. The maximum atomic E-state index is 12.3. The fourth-order valence-corrected chi connectivity index (χ4v) is 3.38. The maximum absolute atomic E-state index is 12.3. The molecule has 0 atom stereocenters. The fourth-order valence-electron chi connectivity index (χ4n) is 2.51. The molecule has 1 aromatic carbocycles. The molecule has 0 spiro atoms. The van der Waals surface area contributed by atoms with Crippen LogP contribution in [-0.2, 0) is 4.79 Å². The molecule has 1 aliphatic rings. The molecule has 0 bridgehead atoms. The molecule has 1 saturated heterocycles. The molecule has 2 aromatic heterocycles. The first-order valence-corrected chi connectivity index (χ1v) is 8.24. The topological polar surface area (TPSA) is 88.1 Å². The summed E-state index contributed by atoms with van der Waals surface area (Å²) in [5.41, 5.74) is 1.16. The number of nitrogens with one attached hydrogen (secondary N) is 1. The molecule has 7 nitrogen and oxygen atoms in total. The van der Waals surface area contributed by atoms with Gasteiger partial charge in [-0.05, 0) is 12.1 Å². The lowest BCUT2D eigenvalue weighted by Gasteiger charge is -2.37. The number of likely N-dealkylation sites (tertiary alicyclic amines) is 1. The van der Waals surface area contributed by atoms with Crippen LogP contribution in [0, 0.1) is 5.92 Å². The van der Waals surface area contributed by atoms with Crippen LogP contribution in [-0.4, -0.2) is 44.8 Å². The monoisotopic (exact) mass is 339 g/mol. The highest BCUT2D eigenvalue weighted by atomic mass is 32.1. The van der Waals surface area contributed by atoms with Crippen molar-refractivity contribution in [2.24, 2.45) is 5.92 Å². The summed E-state index contributed by atoms with van der Waals surface area (Å²) in [6, 6.07) is 7.73. The third kappa shape index (κ3) is 2.71. The minimum absolute atomic E-state index is 0.114. The van der Waals surface area contributed by atoms with Crippen molar-refractivity contribution in [2.45, 2.75) is 0 Å². The van der Waals surface area contributed by atoms with E-state index in [9.17, 15) is 9.59 Å². The highest BCUT2D eigenvalue weighted by Gasteiger charge is 2.36. The number of carbonyl (C=O) groups excluding carboxylic acids is 2. The molecule has 1 N–H and O–H groups in total. The number of anilines is 1. The van der Waals surface area contributed by atoms with E-state index < -0.39 is 0 Å². The largest absolute Gasteiger partial charge is 0.336 e. The van der Waals surface area contributed by atoms with Crippen molar-refractivity contribution in [2.75, 3.05) is 18.4 Å². The average molecular weight is 339 g/mol. The van der Waals surface area contributed by atoms with Gasteiger partial charge in [0.05, 0.1) is 22.3 Å². The lowest BCUT2D eigenvalue weighted by Crippen LogP contribution is -2.54. The minimum Gasteiger partial charge on any atom is -0.336 e. The van der Waals surface area contributed by atoms with E-state index in [1.165, 1.54) is 29.9 Å². The molecular formula is C16H13N5O2S. The summed E-state index contributed by atoms with van der Waals surface area (Å²) in [6.45, 7) is 0.762. The van der Waals surface area contributed by atoms with Crippen LogP contribution < -0.4 is 5.32 Å². The number of fused-ring (bicyclic) bond motifs is 1. The molecule has 2 amide bonds. The zero-order chi connectivity index (χ0) is 16.5. The van der Waals surface area contributed by atoms with Crippen LogP contribution in [0.5, 0.6) is 0 Å². The minimum atomic E-state index is -0.224. The number of amides is 2. The second-order valence-corrected chi connectivity index (χ2v) is 6.50. The smallest absolute Gasteiger partial charge is 0.274 e. The zero-order valence-corrected chi connectivity index (χ0v) is 13.4. The van der Waals surface area contributed by atoms with Crippen LogP contribution >= 0.6 is 11.3 Å². The van der Waals surface area contributed by atoms with Gasteiger partial charge in [-0.15, -0.1) is 0 Å². The summed E-state index contributed by atoms with van der Waals surface area (Å²) in [4.78, 5) is 38.3. The first kappa shape index (κ1) is 14.7. The molecule has 3 heterocycles. The van der Waals surface area contributed by atoms with Crippen molar-refractivity contribution in [1.29, 1.82) is 0 Å². The van der Waals surface area contributed by atoms with Crippen LogP contribution in [0.25, 0.3) is 10.2 Å². The number of hydrogen-bond donors (Lipinski definition) is 1. The number of hydrogen-bond acceptors (Lipinski definition) is 6. The van der Waals surface area contributed by atoms with Crippen LogP contribution in [0.3, 0.4) is 0 Å². The van der Waals surface area contributed by atoms with E-state index in [1.54, 1.807) is 4.90 Å². The summed E-state index contributed by atoms with van der Waals surface area (Å²) >= 11 is 1.44. The van der Waals surface area contributed by atoms with Gasteiger partial charge in [0.1, 0.15) is 5.69 Å². The molecule has 1 fully saturated rings. The molecule has 120 valence electrons. The Hall–Kier alpha value is -2.87. The van der Waals surface area contributed by atoms with Gasteiger partial charge in [0.15, 0.2) is 5.13 Å². The quantitative estimate of drug-likeness (QED) is 0.786. The van der Waals surface area contributed by atoms with Gasteiger partial charge >= 0.3 is 0 Å². The van der Waals surface area contributed by atoms with Crippen molar-refractivity contribution < 1.29 is 9.59 Å². The van der Waals surface area contributed by atoms with Crippen molar-refractivity contribution >= 4 is 38.5 Å². The Morgan fingerprint density at radius 2 is 2.04 bits per heavy atom. The Kier molecular flexibility index (Phi) is 3.66. The number of nitrogens with zero attached hydrogens (tertiary/aromatic N) is 4. The van der Waals surface area contributed by atoms with E-state index in [1.807, 2.05) is 24.3 Å². The zero-order valence-electron chi connectivity index (χ0n) is 12.5. The van der Waals surface area contributed by atoms with E-state index >= 15 is 0 Å². The van der Waals surface area contributed by atoms with Gasteiger partial charge in [0, 0.05) is 25.5 Å². The fraction of sp³-hybridized carbons (Fsp3) is 0.188. The molecule has 24 heavy (non-hydrogen) atoms. The van der Waals surface area contributed by atoms with Gasteiger partial charge < -0.3 is 10.2 Å². The van der Waals surface area contributed by atoms with Crippen molar-refractivity contribution in [3.8, 4) is 0 Å². The predicted octanol–water partition coefficient (Wildman–Crippen LogP) is 1.80. The maximum Gasteiger partial charge on any atom is 0.274 e. The third-order valence-corrected chi connectivity index (χ3v) is 4.80. The van der Waals surface area contributed by atoms with E-state index in [2.05, 4.69) is 20.3 Å². The Morgan fingerprint density at radius 3 is 2.79 bits per heavy atom. The van der Waals surface area contributed by atoms with Gasteiger partial charge in [-0.2, -0.15) is 0 Å². The van der Waals surface area contributed by atoms with Crippen LogP contribution in [0.2, 0.25) is 0 Å². The predicted molar refractivity (Wildman–Crippen MR) is 89.7 cm³/mol. The molecule has 0 unspecified atom stereocenters. The molecular weight excluding hydrogens is 326 g/mol. The van der Waals surface area contributed by atoms with Crippen LogP contribution in [0.1, 0.15) is 10.5 Å². The SMILES string of the molecule is O=C(Nc1nc2ccccc2s1)C1CN(C(=O)c2cnccn2)C1. The Bertz CT molecular complexity index is 872. The summed E-state index contributed by atoms with van der Waals surface area (Å²) in [5, 5.41) is 3.42. The molecule has 3 aromatic rings. The number of para-hydroxylation sites is 1. The third-order valence-electron chi connectivity index (χ3n) is 3.85. The number of rotatable bonds is 3. The van der Waals surface area contributed by atoms with E-state index in [0.717, 1.165) is 10.2 Å².